The van der Waals surface area contributed by atoms with Gasteiger partial charge in [0.1, 0.15) is 11.2 Å². The second-order valence-corrected chi connectivity index (χ2v) is 15.5. The summed E-state index contributed by atoms with van der Waals surface area (Å²) < 4.78 is 11.5. The highest BCUT2D eigenvalue weighted by Crippen LogP contribution is 2.42. The third-order valence-electron chi connectivity index (χ3n) is 11.0. The Morgan fingerprint density at radius 2 is 1.05 bits per heavy atom. The van der Waals surface area contributed by atoms with E-state index in [1.807, 2.05) is 18.2 Å². The van der Waals surface area contributed by atoms with Gasteiger partial charge in [0.2, 0.25) is 0 Å². The van der Waals surface area contributed by atoms with Gasteiger partial charge in [-0.3, -0.25) is 0 Å². The van der Waals surface area contributed by atoms with Crippen molar-refractivity contribution in [3.05, 3.63) is 182 Å². The molecule has 0 unspecified atom stereocenters. The lowest BCUT2D eigenvalue weighted by atomic mass is 10.0. The molecule has 0 bridgehead atoms. The van der Waals surface area contributed by atoms with Crippen LogP contribution in [0.1, 0.15) is 0 Å². The molecule has 0 fully saturated rings. The predicted molar refractivity (Wildman–Crippen MR) is 236 cm³/mol. The van der Waals surface area contributed by atoms with E-state index in [0.29, 0.717) is 17.5 Å². The van der Waals surface area contributed by atoms with Crippen molar-refractivity contribution in [2.45, 2.75) is 0 Å². The molecule has 8 aromatic carbocycles. The molecule has 0 saturated carbocycles. The molecule has 0 saturated heterocycles. The molecule has 0 amide bonds. The lowest BCUT2D eigenvalue weighted by molar-refractivity contribution is 0.669. The summed E-state index contributed by atoms with van der Waals surface area (Å²) >= 11 is 1.79. The lowest BCUT2D eigenvalue weighted by Gasteiger charge is -2.11. The van der Waals surface area contributed by atoms with Gasteiger partial charge in [0.15, 0.2) is 17.5 Å². The Labute approximate surface area is 330 Å². The number of fused-ring (bicyclic) bond motifs is 9. The molecule has 57 heavy (non-hydrogen) atoms. The van der Waals surface area contributed by atoms with Gasteiger partial charge in [-0.15, -0.1) is 11.3 Å². The van der Waals surface area contributed by atoms with Crippen LogP contribution in [0.4, 0.5) is 0 Å². The molecule has 4 aromatic heterocycles. The lowest BCUT2D eigenvalue weighted by Crippen LogP contribution is -2.00. The summed E-state index contributed by atoms with van der Waals surface area (Å²) in [6.07, 6.45) is 0. The molecule has 0 spiro atoms. The van der Waals surface area contributed by atoms with Crippen molar-refractivity contribution in [1.82, 2.24) is 19.5 Å². The van der Waals surface area contributed by atoms with Crippen LogP contribution < -0.4 is 0 Å². The summed E-state index contributed by atoms with van der Waals surface area (Å²) in [6, 6.07) is 63.7. The van der Waals surface area contributed by atoms with Crippen molar-refractivity contribution < 1.29 is 4.42 Å². The molecule has 5 nitrogen and oxygen atoms in total. The van der Waals surface area contributed by atoms with E-state index < -0.39 is 0 Å². The van der Waals surface area contributed by atoms with E-state index in [2.05, 4.69) is 168 Å². The van der Waals surface area contributed by atoms with Gasteiger partial charge in [-0.25, -0.2) is 15.0 Å². The first-order valence-electron chi connectivity index (χ1n) is 19.0. The van der Waals surface area contributed by atoms with Gasteiger partial charge < -0.3 is 8.98 Å². The second kappa shape index (κ2) is 12.6. The average Bonchev–Trinajstić information content (AvgIpc) is 3.95. The third-order valence-corrected chi connectivity index (χ3v) is 12.2. The Morgan fingerprint density at radius 3 is 1.91 bits per heavy atom. The maximum Gasteiger partial charge on any atom is 0.164 e. The van der Waals surface area contributed by atoms with Crippen molar-refractivity contribution >= 4 is 75.3 Å². The van der Waals surface area contributed by atoms with Gasteiger partial charge in [0, 0.05) is 64.1 Å². The van der Waals surface area contributed by atoms with Crippen molar-refractivity contribution in [3.8, 4) is 51.0 Å². The quantitative estimate of drug-likeness (QED) is 0.176. The molecule has 0 radical (unpaired) electrons. The Bertz CT molecular complexity index is 3530. The van der Waals surface area contributed by atoms with Gasteiger partial charge in [-0.05, 0) is 65.7 Å². The summed E-state index contributed by atoms with van der Waals surface area (Å²) in [5.74, 6) is 1.82. The van der Waals surface area contributed by atoms with Crippen LogP contribution in [0.25, 0.3) is 115 Å². The van der Waals surface area contributed by atoms with Crippen LogP contribution in [-0.2, 0) is 0 Å². The molecule has 12 aromatic rings. The van der Waals surface area contributed by atoms with E-state index in [1.165, 1.54) is 25.6 Å². The van der Waals surface area contributed by atoms with Crippen LogP contribution >= 0.6 is 11.3 Å². The number of furan rings is 1. The van der Waals surface area contributed by atoms with Gasteiger partial charge in [0.25, 0.3) is 0 Å². The molecule has 0 aliphatic rings. The average molecular weight is 747 g/mol. The van der Waals surface area contributed by atoms with Crippen LogP contribution in [0.5, 0.6) is 0 Å². The fraction of sp³-hybridized carbons (Fsp3) is 0. The summed E-state index contributed by atoms with van der Waals surface area (Å²) in [5.41, 5.74) is 9.96. The van der Waals surface area contributed by atoms with Gasteiger partial charge in [-0.1, -0.05) is 127 Å². The molecule has 266 valence electrons. The topological polar surface area (TPSA) is 56.7 Å². The zero-order valence-corrected chi connectivity index (χ0v) is 31.2. The molecule has 6 heteroatoms. The normalized spacial score (nSPS) is 11.9. The molecular weight excluding hydrogens is 717 g/mol. The first-order chi connectivity index (χ1) is 28.2. The molecule has 4 heterocycles. The van der Waals surface area contributed by atoms with E-state index >= 15 is 0 Å². The van der Waals surface area contributed by atoms with Gasteiger partial charge >= 0.3 is 0 Å². The van der Waals surface area contributed by atoms with Crippen molar-refractivity contribution in [3.63, 3.8) is 0 Å². The van der Waals surface area contributed by atoms with E-state index in [9.17, 15) is 0 Å². The van der Waals surface area contributed by atoms with Crippen LogP contribution in [0.15, 0.2) is 186 Å². The Kier molecular flexibility index (Phi) is 7.03. The number of hydrogen-bond acceptors (Lipinski definition) is 5. The van der Waals surface area contributed by atoms with Crippen LogP contribution in [-0.4, -0.2) is 19.5 Å². The molecule has 0 aliphatic carbocycles. The van der Waals surface area contributed by atoms with E-state index in [1.54, 1.807) is 11.3 Å². The fourth-order valence-electron chi connectivity index (χ4n) is 8.42. The highest BCUT2D eigenvalue weighted by molar-refractivity contribution is 7.25. The number of para-hydroxylation sites is 2. The van der Waals surface area contributed by atoms with Crippen molar-refractivity contribution in [2.24, 2.45) is 0 Å². The third kappa shape index (κ3) is 5.12. The first-order valence-corrected chi connectivity index (χ1v) is 19.8. The fourth-order valence-corrected chi connectivity index (χ4v) is 9.56. The summed E-state index contributed by atoms with van der Waals surface area (Å²) in [4.78, 5) is 15.7. The largest absolute Gasteiger partial charge is 0.456 e. The van der Waals surface area contributed by atoms with Crippen LogP contribution in [0, 0.1) is 0 Å². The maximum absolute atomic E-state index is 6.68. The molecule has 0 aliphatic heterocycles. The number of thiophene rings is 1. The van der Waals surface area contributed by atoms with Gasteiger partial charge in [0.05, 0.1) is 11.0 Å². The SMILES string of the molecule is c1ccc(-c2cccc(-c3nc(-c4ccc5c(c4)sc4ccccc45)nc(-c4cccc5oc6cc7c8ccccc8n(-c8ccccc8)c7cc6c45)n3)c2)cc1. The van der Waals surface area contributed by atoms with Crippen LogP contribution in [0.3, 0.4) is 0 Å². The highest BCUT2D eigenvalue weighted by Gasteiger charge is 2.21. The molecule has 0 atom stereocenters. The van der Waals surface area contributed by atoms with Crippen molar-refractivity contribution in [2.75, 3.05) is 0 Å². The maximum atomic E-state index is 6.68. The molecule has 12 rings (SSSR count). The first kappa shape index (κ1) is 31.9. The van der Waals surface area contributed by atoms with Crippen LogP contribution in [0.2, 0.25) is 0 Å². The molecule has 0 N–H and O–H groups in total. The summed E-state index contributed by atoms with van der Waals surface area (Å²) in [5, 5.41) is 6.80. The Balaban J connectivity index is 1.11. The Morgan fingerprint density at radius 1 is 0.386 bits per heavy atom. The number of hydrogen-bond donors (Lipinski definition) is 0. The highest BCUT2D eigenvalue weighted by atomic mass is 32.1. The number of nitrogens with zero attached hydrogens (tertiary/aromatic N) is 4. The zero-order valence-electron chi connectivity index (χ0n) is 30.4. The summed E-state index contributed by atoms with van der Waals surface area (Å²) in [7, 11) is 0. The number of rotatable bonds is 5. The summed E-state index contributed by atoms with van der Waals surface area (Å²) in [6.45, 7) is 0. The minimum absolute atomic E-state index is 0.591. The number of aromatic nitrogens is 4. The Hall–Kier alpha value is -7.41. The van der Waals surface area contributed by atoms with E-state index in [-0.39, 0.29) is 0 Å². The number of benzene rings is 8. The smallest absolute Gasteiger partial charge is 0.164 e. The monoisotopic (exact) mass is 746 g/mol. The van der Waals surface area contributed by atoms with Crippen molar-refractivity contribution in [1.29, 1.82) is 0 Å². The predicted octanol–water partition coefficient (Wildman–Crippen LogP) is 13.9. The minimum Gasteiger partial charge on any atom is -0.456 e. The second-order valence-electron chi connectivity index (χ2n) is 14.4. The molecular formula is C51H30N4OS. The van der Waals surface area contributed by atoms with Gasteiger partial charge in [-0.2, -0.15) is 0 Å². The standard InChI is InChI=1S/C51H30N4OS/c1-3-13-31(14-4-1)32-15-11-16-33(27-32)49-52-50(34-25-26-38-37-20-8-10-24-46(37)57-47(38)28-34)54-51(53-49)39-21-12-23-44-48(39)41-29-43-40(30-45(41)56-44)36-19-7-9-22-42(36)55(43)35-17-5-2-6-18-35/h1-30H. The minimum atomic E-state index is 0.591. The van der Waals surface area contributed by atoms with E-state index in [4.69, 9.17) is 19.4 Å². The van der Waals surface area contributed by atoms with E-state index in [0.717, 1.165) is 71.9 Å². The zero-order chi connectivity index (χ0) is 37.5.